The van der Waals surface area contributed by atoms with Crippen LogP contribution in [0.15, 0.2) is 54.9 Å². The van der Waals surface area contributed by atoms with Crippen molar-refractivity contribution < 1.29 is 18.8 Å². The van der Waals surface area contributed by atoms with Gasteiger partial charge >= 0.3 is 13.2 Å². The number of hydrogen-bond donors (Lipinski definition) is 1. The molecular weight excluding hydrogens is 441 g/mol. The number of benzene rings is 2. The molecule has 1 aromatic heterocycles. The van der Waals surface area contributed by atoms with Gasteiger partial charge in [-0.15, -0.1) is 0 Å². The normalized spacial score (nSPS) is 19.9. The number of carbonyl (C=O) groups is 1. The van der Waals surface area contributed by atoms with Crippen LogP contribution in [0.4, 0.5) is 4.79 Å². The van der Waals surface area contributed by atoms with Gasteiger partial charge in [0, 0.05) is 12.1 Å². The molecule has 2 aromatic carbocycles. The Hall–Kier alpha value is -3.26. The lowest BCUT2D eigenvalue weighted by atomic mass is 9.78. The van der Waals surface area contributed by atoms with E-state index in [1.165, 1.54) is 0 Å². The molecule has 2 aliphatic rings. The van der Waals surface area contributed by atoms with E-state index in [4.69, 9.17) is 14.0 Å². The molecule has 7 nitrogen and oxygen atoms in total. The number of amides is 1. The summed E-state index contributed by atoms with van der Waals surface area (Å²) in [4.78, 5) is 22.5. The van der Waals surface area contributed by atoms with E-state index in [0.29, 0.717) is 12.3 Å². The van der Waals surface area contributed by atoms with Gasteiger partial charge in [-0.2, -0.15) is 0 Å². The average Bonchev–Trinajstić information content (AvgIpc) is 3.51. The van der Waals surface area contributed by atoms with E-state index in [0.717, 1.165) is 46.2 Å². The third-order valence-electron chi connectivity index (χ3n) is 6.56. The summed E-state index contributed by atoms with van der Waals surface area (Å²) in [5, 5.41) is 2.20. The Morgan fingerprint density at radius 1 is 1.23 bits per heavy atom. The zero-order chi connectivity index (χ0) is 25.0. The van der Waals surface area contributed by atoms with Crippen molar-refractivity contribution in [2.75, 3.05) is 6.54 Å². The van der Waals surface area contributed by atoms with E-state index in [1.54, 1.807) is 4.90 Å². The topological polar surface area (TPSA) is 76.7 Å². The second kappa shape index (κ2) is 8.45. The van der Waals surface area contributed by atoms with Crippen LogP contribution in [0.2, 0.25) is 0 Å². The van der Waals surface area contributed by atoms with Gasteiger partial charge in [0.1, 0.15) is 17.0 Å². The summed E-state index contributed by atoms with van der Waals surface area (Å²) in [5.41, 5.74) is 1.89. The van der Waals surface area contributed by atoms with Crippen molar-refractivity contribution in [3.05, 3.63) is 60.8 Å². The van der Waals surface area contributed by atoms with Gasteiger partial charge in [-0.05, 0) is 69.8 Å². The minimum absolute atomic E-state index is 0.105. The molecule has 5 rings (SSSR count). The van der Waals surface area contributed by atoms with Gasteiger partial charge < -0.3 is 19.0 Å². The molecule has 1 N–H and O–H groups in total. The summed E-state index contributed by atoms with van der Waals surface area (Å²) < 4.78 is 17.5. The number of aromatic nitrogens is 2. The largest absolute Gasteiger partial charge is 0.563 e. The van der Waals surface area contributed by atoms with Crippen LogP contribution in [0.1, 0.15) is 59.3 Å². The van der Waals surface area contributed by atoms with Gasteiger partial charge in [-0.1, -0.05) is 36.9 Å². The van der Waals surface area contributed by atoms with E-state index in [-0.39, 0.29) is 12.1 Å². The molecule has 8 heteroatoms. The molecule has 35 heavy (non-hydrogen) atoms. The van der Waals surface area contributed by atoms with Crippen LogP contribution < -0.4 is 5.46 Å². The molecule has 1 atom stereocenters. The maximum atomic E-state index is 12.7. The Morgan fingerprint density at radius 3 is 2.69 bits per heavy atom. The minimum atomic E-state index is -0.524. The monoisotopic (exact) mass is 473 g/mol. The maximum Gasteiger partial charge on any atom is 0.563 e. The van der Waals surface area contributed by atoms with Gasteiger partial charge in [0.25, 0.3) is 0 Å². The van der Waals surface area contributed by atoms with Gasteiger partial charge in [0.15, 0.2) is 0 Å². The highest BCUT2D eigenvalue weighted by Crippen LogP contribution is 2.34. The highest BCUT2D eigenvalue weighted by Gasteiger charge is 2.42. The zero-order valence-corrected chi connectivity index (χ0v) is 21.1. The van der Waals surface area contributed by atoms with Crippen molar-refractivity contribution in [2.45, 2.75) is 64.7 Å². The number of ether oxygens (including phenoxy) is 1. The smallest absolute Gasteiger partial charge is 0.534 e. The quantitative estimate of drug-likeness (QED) is 0.520. The first kappa shape index (κ1) is 23.5. The minimum Gasteiger partial charge on any atom is -0.534 e. The third-order valence-corrected chi connectivity index (χ3v) is 6.56. The molecule has 2 fully saturated rings. The molecule has 3 aromatic rings. The molecular formula is C27H32BN3O4. The molecule has 2 aliphatic heterocycles. The van der Waals surface area contributed by atoms with Crippen molar-refractivity contribution in [1.82, 2.24) is 14.9 Å². The summed E-state index contributed by atoms with van der Waals surface area (Å²) in [6, 6.07) is 12.4. The van der Waals surface area contributed by atoms with Crippen LogP contribution in [0, 0.1) is 0 Å². The highest BCUT2D eigenvalue weighted by molar-refractivity contribution is 6.62. The Balaban J connectivity index is 1.35. The van der Waals surface area contributed by atoms with Crippen LogP contribution in [0.5, 0.6) is 0 Å². The molecule has 2 saturated heterocycles. The van der Waals surface area contributed by atoms with Gasteiger partial charge in [-0.25, -0.2) is 9.78 Å². The van der Waals surface area contributed by atoms with Gasteiger partial charge in [0.2, 0.25) is 0 Å². The van der Waals surface area contributed by atoms with Gasteiger partial charge in [-0.3, -0.25) is 4.90 Å². The summed E-state index contributed by atoms with van der Waals surface area (Å²) in [7, 11) is -0.448. The van der Waals surface area contributed by atoms with Crippen LogP contribution in [0.25, 0.3) is 22.0 Å². The fourth-order valence-corrected chi connectivity index (χ4v) is 4.59. The van der Waals surface area contributed by atoms with Crippen molar-refractivity contribution >= 4 is 29.4 Å². The zero-order valence-electron chi connectivity index (χ0n) is 21.1. The summed E-state index contributed by atoms with van der Waals surface area (Å²) in [5.74, 6) is 1.43. The number of H-pyrrole nitrogens is 1. The fourth-order valence-electron chi connectivity index (χ4n) is 4.59. The van der Waals surface area contributed by atoms with Crippen molar-refractivity contribution in [3.8, 4) is 11.3 Å². The van der Waals surface area contributed by atoms with E-state index in [1.807, 2.05) is 46.9 Å². The predicted octanol–water partition coefficient (Wildman–Crippen LogP) is 5.34. The summed E-state index contributed by atoms with van der Waals surface area (Å²) in [6.45, 7) is 14.2. The number of carbonyl (C=O) groups excluding carboxylic acids is 1. The predicted molar refractivity (Wildman–Crippen MR) is 137 cm³/mol. The SMILES string of the molecule is C=C1OB(c2ccc3cc(-c4cnc(C5CCCN5C(=O)OC(C)(C)C)[nH]4)ccc3c2)OC1(C)C. The Kier molecular flexibility index (Phi) is 5.67. The first-order valence-electron chi connectivity index (χ1n) is 12.1. The lowest BCUT2D eigenvalue weighted by Gasteiger charge is -2.27. The lowest BCUT2D eigenvalue weighted by molar-refractivity contribution is 0.0218. The van der Waals surface area contributed by atoms with Crippen LogP contribution in [0.3, 0.4) is 0 Å². The van der Waals surface area contributed by atoms with Crippen molar-refractivity contribution in [1.29, 1.82) is 0 Å². The van der Waals surface area contributed by atoms with E-state index < -0.39 is 18.3 Å². The summed E-state index contributed by atoms with van der Waals surface area (Å²) in [6.07, 6.45) is 3.34. The molecule has 1 amide bonds. The molecule has 182 valence electrons. The van der Waals surface area contributed by atoms with E-state index >= 15 is 0 Å². The maximum absolute atomic E-state index is 12.7. The molecule has 0 bridgehead atoms. The number of fused-ring (bicyclic) bond motifs is 1. The average molecular weight is 473 g/mol. The van der Waals surface area contributed by atoms with Gasteiger partial charge in [0.05, 0.1) is 23.7 Å². The molecule has 0 aliphatic carbocycles. The van der Waals surface area contributed by atoms with Crippen LogP contribution >= 0.6 is 0 Å². The Bertz CT molecular complexity index is 1290. The highest BCUT2D eigenvalue weighted by atomic mass is 16.7. The van der Waals surface area contributed by atoms with E-state index in [2.05, 4.69) is 46.9 Å². The summed E-state index contributed by atoms with van der Waals surface area (Å²) >= 11 is 0. The number of nitrogens with one attached hydrogen (secondary N) is 1. The lowest BCUT2D eigenvalue weighted by Crippen LogP contribution is -2.36. The number of hydrogen-bond acceptors (Lipinski definition) is 5. The van der Waals surface area contributed by atoms with Crippen molar-refractivity contribution in [2.24, 2.45) is 0 Å². The number of likely N-dealkylation sites (tertiary alicyclic amines) is 1. The first-order valence-corrected chi connectivity index (χ1v) is 12.1. The van der Waals surface area contributed by atoms with E-state index in [9.17, 15) is 4.79 Å². The molecule has 3 heterocycles. The number of rotatable bonds is 3. The van der Waals surface area contributed by atoms with Crippen LogP contribution in [-0.2, 0) is 14.0 Å². The third kappa shape index (κ3) is 4.67. The molecule has 0 radical (unpaired) electrons. The molecule has 0 saturated carbocycles. The van der Waals surface area contributed by atoms with Crippen molar-refractivity contribution in [3.63, 3.8) is 0 Å². The standard InChI is InChI=1S/C27H32BN3O4/c1-17-27(5,6)35-28(34-17)21-12-11-18-14-20(10-9-19(18)15-21)22-16-29-24(30-22)23-8-7-13-31(23)25(32)33-26(2,3)4/h9-12,14-16,23H,1,7-8,13H2,2-6H3,(H,29,30). The number of imidazole rings is 1. The number of aromatic amines is 1. The first-order chi connectivity index (χ1) is 16.5. The molecule has 0 spiro atoms. The fraction of sp³-hybridized carbons (Fsp3) is 0.407. The second-order valence-electron chi connectivity index (χ2n) is 10.8. The van der Waals surface area contributed by atoms with Crippen LogP contribution in [-0.4, -0.2) is 45.8 Å². The second-order valence-corrected chi connectivity index (χ2v) is 10.8. The molecule has 1 unspecified atom stereocenters. The number of nitrogens with zero attached hydrogens (tertiary/aromatic N) is 2. The Labute approximate surface area is 206 Å². The Morgan fingerprint density at radius 2 is 1.97 bits per heavy atom.